The van der Waals surface area contributed by atoms with Gasteiger partial charge in [0.2, 0.25) is 0 Å². The van der Waals surface area contributed by atoms with Gasteiger partial charge in [0.1, 0.15) is 0 Å². The minimum atomic E-state index is 0.898. The van der Waals surface area contributed by atoms with Gasteiger partial charge in [0.15, 0.2) is 0 Å². The molecule has 0 bridgehead atoms. The van der Waals surface area contributed by atoms with E-state index in [4.69, 9.17) is 4.74 Å². The van der Waals surface area contributed by atoms with Gasteiger partial charge in [-0.3, -0.25) is 0 Å². The van der Waals surface area contributed by atoms with E-state index < -0.39 is 0 Å². The Morgan fingerprint density at radius 1 is 1.08 bits per heavy atom. The molecule has 0 aliphatic heterocycles. The summed E-state index contributed by atoms with van der Waals surface area (Å²) >= 11 is 2.42. The van der Waals surface area contributed by atoms with E-state index in [9.17, 15) is 0 Å². The van der Waals surface area contributed by atoms with Crippen molar-refractivity contribution in [2.45, 2.75) is 25.7 Å². The molecule has 12 heavy (non-hydrogen) atoms. The molecule has 0 rings (SSSR count). The molecule has 3 heteroatoms. The van der Waals surface area contributed by atoms with E-state index in [1.807, 2.05) is 0 Å². The van der Waals surface area contributed by atoms with Crippen LogP contribution in [0, 0.1) is 0 Å². The first-order valence-electron chi connectivity index (χ1n) is 4.67. The maximum atomic E-state index is 4.96. The molecule has 74 valence electrons. The van der Waals surface area contributed by atoms with E-state index in [1.165, 1.54) is 36.7 Å². The number of ether oxygens (including phenoxy) is 1. The zero-order chi connectivity index (χ0) is 9.07. The van der Waals surface area contributed by atoms with Crippen LogP contribution in [0.4, 0.5) is 0 Å². The first-order valence-corrected chi connectivity index (χ1v) is 6.20. The van der Waals surface area contributed by atoms with Gasteiger partial charge in [0, 0.05) is 13.7 Å². The number of alkyl halides is 1. The molecular weight excluding hydrogens is 265 g/mol. The Kier molecular flexibility index (Phi) is 12.3. The van der Waals surface area contributed by atoms with Crippen molar-refractivity contribution in [2.24, 2.45) is 0 Å². The minimum absolute atomic E-state index is 0.898. The topological polar surface area (TPSA) is 21.3 Å². The molecule has 0 heterocycles. The Balaban J connectivity index is 2.73. The average molecular weight is 285 g/mol. The second kappa shape index (κ2) is 11.6. The highest BCUT2D eigenvalue weighted by atomic mass is 127. The van der Waals surface area contributed by atoms with E-state index in [0.717, 1.165) is 13.2 Å². The number of halogens is 1. The molecule has 0 fully saturated rings. The van der Waals surface area contributed by atoms with E-state index in [0.29, 0.717) is 0 Å². The van der Waals surface area contributed by atoms with Crippen LogP contribution in [0.25, 0.3) is 0 Å². The van der Waals surface area contributed by atoms with Gasteiger partial charge in [-0.05, 0) is 43.2 Å². The third-order valence-corrected chi connectivity index (χ3v) is 2.45. The lowest BCUT2D eigenvalue weighted by Gasteiger charge is -2.02. The van der Waals surface area contributed by atoms with Gasteiger partial charge in [0.25, 0.3) is 0 Å². The molecule has 0 saturated heterocycles. The van der Waals surface area contributed by atoms with Crippen molar-refractivity contribution >= 4 is 22.6 Å². The molecule has 0 saturated carbocycles. The lowest BCUT2D eigenvalue weighted by molar-refractivity contribution is 0.192. The van der Waals surface area contributed by atoms with E-state index >= 15 is 0 Å². The maximum Gasteiger partial charge on any atom is 0.0462 e. The highest BCUT2D eigenvalue weighted by Crippen LogP contribution is 1.92. The highest BCUT2D eigenvalue weighted by molar-refractivity contribution is 14.1. The molecule has 2 nitrogen and oxygen atoms in total. The van der Waals surface area contributed by atoms with E-state index in [1.54, 1.807) is 7.11 Å². The van der Waals surface area contributed by atoms with Crippen LogP contribution in [0.3, 0.4) is 0 Å². The van der Waals surface area contributed by atoms with Crippen LogP contribution in [-0.2, 0) is 4.74 Å². The number of unbranched alkanes of at least 4 members (excludes halogenated alkanes) is 2. The highest BCUT2D eigenvalue weighted by Gasteiger charge is 1.88. The van der Waals surface area contributed by atoms with Crippen molar-refractivity contribution in [3.05, 3.63) is 0 Å². The number of hydrogen-bond donors (Lipinski definition) is 1. The summed E-state index contributed by atoms with van der Waals surface area (Å²) in [5, 5.41) is 3.42. The Hall–Kier alpha value is 0.650. The molecule has 0 spiro atoms. The van der Waals surface area contributed by atoms with Gasteiger partial charge < -0.3 is 10.1 Å². The Bertz CT molecular complexity index is 70.9. The lowest BCUT2D eigenvalue weighted by atomic mass is 10.3. The molecule has 0 aliphatic rings. The van der Waals surface area contributed by atoms with Crippen molar-refractivity contribution in [3.63, 3.8) is 0 Å². The van der Waals surface area contributed by atoms with Crippen LogP contribution in [-0.4, -0.2) is 31.2 Å². The van der Waals surface area contributed by atoms with Crippen molar-refractivity contribution in [1.82, 2.24) is 5.32 Å². The fourth-order valence-corrected chi connectivity index (χ4v) is 1.51. The molecule has 0 aromatic heterocycles. The van der Waals surface area contributed by atoms with Crippen molar-refractivity contribution in [1.29, 1.82) is 0 Å². The first kappa shape index (κ1) is 12.7. The van der Waals surface area contributed by atoms with E-state index in [-0.39, 0.29) is 0 Å². The summed E-state index contributed by atoms with van der Waals surface area (Å²) < 4.78 is 6.24. The summed E-state index contributed by atoms with van der Waals surface area (Å²) in [5.74, 6) is 0. The molecule has 0 aromatic carbocycles. The first-order chi connectivity index (χ1) is 5.91. The fraction of sp³-hybridized carbons (Fsp3) is 1.00. The van der Waals surface area contributed by atoms with Gasteiger partial charge in [0.05, 0.1) is 0 Å². The summed E-state index contributed by atoms with van der Waals surface area (Å²) in [6.45, 7) is 3.22. The van der Waals surface area contributed by atoms with Crippen LogP contribution in [0.2, 0.25) is 0 Å². The molecule has 0 aliphatic carbocycles. The van der Waals surface area contributed by atoms with Crippen molar-refractivity contribution in [3.8, 4) is 0 Å². The average Bonchev–Trinajstić information content (AvgIpc) is 2.10. The number of methoxy groups -OCH3 is 1. The predicted molar refractivity (Wildman–Crippen MR) is 62.1 cm³/mol. The van der Waals surface area contributed by atoms with Crippen LogP contribution < -0.4 is 5.32 Å². The van der Waals surface area contributed by atoms with Crippen molar-refractivity contribution < 1.29 is 4.74 Å². The zero-order valence-corrected chi connectivity index (χ0v) is 10.1. The number of nitrogens with one attached hydrogen (secondary N) is 1. The third kappa shape index (κ3) is 10.7. The number of hydrogen-bond acceptors (Lipinski definition) is 2. The summed E-state index contributed by atoms with van der Waals surface area (Å²) in [6, 6.07) is 0. The molecule has 0 amide bonds. The molecule has 0 unspecified atom stereocenters. The lowest BCUT2D eigenvalue weighted by Crippen LogP contribution is -2.17. The molecule has 1 N–H and O–H groups in total. The molecule has 0 atom stereocenters. The van der Waals surface area contributed by atoms with Gasteiger partial charge in [-0.25, -0.2) is 0 Å². The summed E-state index contributed by atoms with van der Waals surface area (Å²) in [5.41, 5.74) is 0. The minimum Gasteiger partial charge on any atom is -0.385 e. The van der Waals surface area contributed by atoms with Crippen molar-refractivity contribution in [2.75, 3.05) is 31.2 Å². The second-order valence-electron chi connectivity index (χ2n) is 2.85. The molecule has 0 aromatic rings. The van der Waals surface area contributed by atoms with Gasteiger partial charge >= 0.3 is 0 Å². The zero-order valence-electron chi connectivity index (χ0n) is 7.94. The Morgan fingerprint density at radius 3 is 2.33 bits per heavy atom. The Labute approximate surface area is 89.6 Å². The van der Waals surface area contributed by atoms with Gasteiger partial charge in [-0.15, -0.1) is 0 Å². The SMILES string of the molecule is COCCCCNCCCCI. The van der Waals surface area contributed by atoms with Crippen LogP contribution >= 0.6 is 22.6 Å². The Morgan fingerprint density at radius 2 is 1.75 bits per heavy atom. The largest absolute Gasteiger partial charge is 0.385 e. The molecular formula is C9H20INO. The normalized spacial score (nSPS) is 10.5. The quantitative estimate of drug-likeness (QED) is 0.398. The smallest absolute Gasteiger partial charge is 0.0462 e. The van der Waals surface area contributed by atoms with Crippen LogP contribution in [0.15, 0.2) is 0 Å². The summed E-state index contributed by atoms with van der Waals surface area (Å²) in [7, 11) is 1.76. The van der Waals surface area contributed by atoms with Gasteiger partial charge in [-0.1, -0.05) is 22.6 Å². The van der Waals surface area contributed by atoms with Crippen LogP contribution in [0.1, 0.15) is 25.7 Å². The molecule has 0 radical (unpaired) electrons. The standard InChI is InChI=1S/C9H20INO/c1-12-9-5-4-8-11-7-3-2-6-10/h11H,2-9H2,1H3. The second-order valence-corrected chi connectivity index (χ2v) is 3.92. The summed E-state index contributed by atoms with van der Waals surface area (Å²) in [4.78, 5) is 0. The maximum absolute atomic E-state index is 4.96. The van der Waals surface area contributed by atoms with E-state index in [2.05, 4.69) is 27.9 Å². The van der Waals surface area contributed by atoms with Crippen LogP contribution in [0.5, 0.6) is 0 Å². The third-order valence-electron chi connectivity index (χ3n) is 1.69. The van der Waals surface area contributed by atoms with Gasteiger partial charge in [-0.2, -0.15) is 0 Å². The summed E-state index contributed by atoms with van der Waals surface area (Å²) in [6.07, 6.45) is 5.06. The fourth-order valence-electron chi connectivity index (χ4n) is 0.966. The predicted octanol–water partition coefficient (Wildman–Crippen LogP) is 2.22. The number of rotatable bonds is 9. The monoisotopic (exact) mass is 285 g/mol.